The van der Waals surface area contributed by atoms with Crippen molar-refractivity contribution in [3.05, 3.63) is 42.6 Å². The SMILES string of the molecule is CCNc1cc(Nc2ccccc2OC(F)(F)F)ccn1. The largest absolute Gasteiger partial charge is 0.573 e. The van der Waals surface area contributed by atoms with Crippen LogP contribution >= 0.6 is 0 Å². The Kier molecular flexibility index (Phi) is 4.52. The number of benzene rings is 1. The highest BCUT2D eigenvalue weighted by molar-refractivity contribution is 5.67. The number of hydrogen-bond donors (Lipinski definition) is 2. The van der Waals surface area contributed by atoms with Gasteiger partial charge in [0, 0.05) is 24.5 Å². The number of para-hydroxylation sites is 2. The highest BCUT2D eigenvalue weighted by Crippen LogP contribution is 2.32. The van der Waals surface area contributed by atoms with E-state index in [1.807, 2.05) is 6.92 Å². The molecule has 0 fully saturated rings. The summed E-state index contributed by atoms with van der Waals surface area (Å²) in [7, 11) is 0. The van der Waals surface area contributed by atoms with Crippen LogP contribution in [-0.2, 0) is 0 Å². The number of nitrogens with zero attached hydrogens (tertiary/aromatic N) is 1. The summed E-state index contributed by atoms with van der Waals surface area (Å²) >= 11 is 0. The normalized spacial score (nSPS) is 11.0. The van der Waals surface area contributed by atoms with Crippen molar-refractivity contribution in [3.8, 4) is 5.75 Å². The van der Waals surface area contributed by atoms with Gasteiger partial charge in [0.05, 0.1) is 5.69 Å². The molecule has 2 rings (SSSR count). The van der Waals surface area contributed by atoms with Crippen LogP contribution < -0.4 is 15.4 Å². The first-order valence-electron chi connectivity index (χ1n) is 6.29. The molecule has 0 spiro atoms. The standard InChI is InChI=1S/C14H14F3N3O/c1-2-18-13-9-10(7-8-19-13)20-11-5-3-4-6-12(11)21-14(15,16)17/h3-9H,2H2,1H3,(H2,18,19,20). The number of nitrogens with one attached hydrogen (secondary N) is 2. The Morgan fingerprint density at radius 2 is 1.95 bits per heavy atom. The summed E-state index contributed by atoms with van der Waals surface area (Å²) in [4.78, 5) is 4.09. The van der Waals surface area contributed by atoms with E-state index in [1.54, 1.807) is 24.4 Å². The van der Waals surface area contributed by atoms with Crippen LogP contribution in [0.3, 0.4) is 0 Å². The van der Waals surface area contributed by atoms with Crippen molar-refractivity contribution in [1.82, 2.24) is 4.98 Å². The molecule has 1 aromatic carbocycles. The minimum Gasteiger partial charge on any atom is -0.404 e. The molecule has 2 aromatic rings. The summed E-state index contributed by atoms with van der Waals surface area (Å²) < 4.78 is 41.1. The molecule has 4 nitrogen and oxygen atoms in total. The van der Waals surface area contributed by atoms with Gasteiger partial charge in [-0.1, -0.05) is 12.1 Å². The molecule has 0 atom stereocenters. The van der Waals surface area contributed by atoms with Gasteiger partial charge < -0.3 is 15.4 Å². The number of aromatic nitrogens is 1. The Hall–Kier alpha value is -2.44. The highest BCUT2D eigenvalue weighted by Gasteiger charge is 2.32. The van der Waals surface area contributed by atoms with Gasteiger partial charge in [0.2, 0.25) is 0 Å². The Balaban J connectivity index is 2.21. The van der Waals surface area contributed by atoms with E-state index in [0.717, 1.165) is 0 Å². The van der Waals surface area contributed by atoms with Crippen molar-refractivity contribution in [3.63, 3.8) is 0 Å². The third-order valence-corrected chi connectivity index (χ3v) is 2.51. The topological polar surface area (TPSA) is 46.2 Å². The van der Waals surface area contributed by atoms with Crippen LogP contribution in [0.4, 0.5) is 30.4 Å². The van der Waals surface area contributed by atoms with E-state index in [0.29, 0.717) is 18.1 Å². The zero-order valence-electron chi connectivity index (χ0n) is 11.2. The molecule has 0 unspecified atom stereocenters. The van der Waals surface area contributed by atoms with Crippen LogP contribution in [0.1, 0.15) is 6.92 Å². The smallest absolute Gasteiger partial charge is 0.404 e. The quantitative estimate of drug-likeness (QED) is 0.870. The first kappa shape index (κ1) is 15.0. The lowest BCUT2D eigenvalue weighted by Gasteiger charge is -2.15. The van der Waals surface area contributed by atoms with E-state index in [4.69, 9.17) is 0 Å². The lowest BCUT2D eigenvalue weighted by molar-refractivity contribution is -0.274. The second-order valence-electron chi connectivity index (χ2n) is 4.13. The van der Waals surface area contributed by atoms with Gasteiger partial charge in [-0.15, -0.1) is 13.2 Å². The van der Waals surface area contributed by atoms with Crippen LogP contribution in [-0.4, -0.2) is 17.9 Å². The van der Waals surface area contributed by atoms with E-state index < -0.39 is 6.36 Å². The summed E-state index contributed by atoms with van der Waals surface area (Å²) in [6.07, 6.45) is -3.17. The number of pyridine rings is 1. The maximum Gasteiger partial charge on any atom is 0.573 e. The Bertz CT molecular complexity index is 602. The van der Waals surface area contributed by atoms with E-state index in [-0.39, 0.29) is 11.4 Å². The van der Waals surface area contributed by atoms with Gasteiger partial charge in [0.15, 0.2) is 5.75 Å². The Morgan fingerprint density at radius 3 is 2.67 bits per heavy atom. The molecule has 0 aliphatic rings. The van der Waals surface area contributed by atoms with Gasteiger partial charge in [-0.25, -0.2) is 4.98 Å². The molecule has 0 amide bonds. The fraction of sp³-hybridized carbons (Fsp3) is 0.214. The second kappa shape index (κ2) is 6.34. The zero-order chi connectivity index (χ0) is 15.3. The molecule has 0 bridgehead atoms. The molecule has 2 N–H and O–H groups in total. The maximum absolute atomic E-state index is 12.4. The van der Waals surface area contributed by atoms with Crippen LogP contribution in [0.5, 0.6) is 5.75 Å². The van der Waals surface area contributed by atoms with Gasteiger partial charge in [-0.2, -0.15) is 0 Å². The summed E-state index contributed by atoms with van der Waals surface area (Å²) in [5.41, 5.74) is 0.836. The van der Waals surface area contributed by atoms with Crippen LogP contribution in [0.2, 0.25) is 0 Å². The van der Waals surface area contributed by atoms with Crippen molar-refractivity contribution < 1.29 is 17.9 Å². The first-order chi connectivity index (χ1) is 9.98. The monoisotopic (exact) mass is 297 g/mol. The van der Waals surface area contributed by atoms with Crippen molar-refractivity contribution in [2.24, 2.45) is 0 Å². The van der Waals surface area contributed by atoms with E-state index in [2.05, 4.69) is 20.4 Å². The Morgan fingerprint density at radius 1 is 1.19 bits per heavy atom. The minimum absolute atomic E-state index is 0.225. The van der Waals surface area contributed by atoms with Gasteiger partial charge in [0.1, 0.15) is 5.82 Å². The molecular formula is C14H14F3N3O. The van der Waals surface area contributed by atoms with Crippen molar-refractivity contribution >= 4 is 17.2 Å². The second-order valence-corrected chi connectivity index (χ2v) is 4.13. The molecule has 7 heteroatoms. The molecule has 1 aromatic heterocycles. The van der Waals surface area contributed by atoms with Gasteiger partial charge in [0.25, 0.3) is 0 Å². The number of anilines is 3. The van der Waals surface area contributed by atoms with Crippen molar-refractivity contribution in [1.29, 1.82) is 0 Å². The fourth-order valence-corrected chi connectivity index (χ4v) is 1.73. The average molecular weight is 297 g/mol. The highest BCUT2D eigenvalue weighted by atomic mass is 19.4. The van der Waals surface area contributed by atoms with Crippen LogP contribution in [0.15, 0.2) is 42.6 Å². The van der Waals surface area contributed by atoms with E-state index in [1.165, 1.54) is 18.2 Å². The first-order valence-corrected chi connectivity index (χ1v) is 6.29. The molecule has 1 heterocycles. The number of ether oxygens (including phenoxy) is 1. The maximum atomic E-state index is 12.4. The zero-order valence-corrected chi connectivity index (χ0v) is 11.2. The number of hydrogen-bond acceptors (Lipinski definition) is 4. The molecule has 0 radical (unpaired) electrons. The number of alkyl halides is 3. The van der Waals surface area contributed by atoms with Crippen LogP contribution in [0.25, 0.3) is 0 Å². The molecule has 21 heavy (non-hydrogen) atoms. The molecule has 0 saturated carbocycles. The predicted molar refractivity (Wildman–Crippen MR) is 74.8 cm³/mol. The molecule has 0 aliphatic heterocycles. The molecule has 112 valence electrons. The predicted octanol–water partition coefficient (Wildman–Crippen LogP) is 4.16. The minimum atomic E-state index is -4.73. The van der Waals surface area contributed by atoms with Crippen LogP contribution in [0, 0.1) is 0 Å². The van der Waals surface area contributed by atoms with Gasteiger partial charge >= 0.3 is 6.36 Å². The van der Waals surface area contributed by atoms with Crippen molar-refractivity contribution in [2.45, 2.75) is 13.3 Å². The Labute approximate surface area is 120 Å². The van der Waals surface area contributed by atoms with E-state index in [9.17, 15) is 13.2 Å². The third kappa shape index (κ3) is 4.55. The van der Waals surface area contributed by atoms with E-state index >= 15 is 0 Å². The van der Waals surface area contributed by atoms with Crippen molar-refractivity contribution in [2.75, 3.05) is 17.2 Å². The summed E-state index contributed by atoms with van der Waals surface area (Å²) in [5.74, 6) is 0.350. The molecule has 0 saturated heterocycles. The van der Waals surface area contributed by atoms with Gasteiger partial charge in [-0.3, -0.25) is 0 Å². The molecule has 0 aliphatic carbocycles. The summed E-state index contributed by atoms with van der Waals surface area (Å²) in [6.45, 7) is 2.62. The lowest BCUT2D eigenvalue weighted by Crippen LogP contribution is -2.17. The number of rotatable bonds is 5. The average Bonchev–Trinajstić information content (AvgIpc) is 2.40. The molecular weight excluding hydrogens is 283 g/mol. The van der Waals surface area contributed by atoms with Gasteiger partial charge in [-0.05, 0) is 25.1 Å². The fourth-order valence-electron chi connectivity index (χ4n) is 1.73. The number of halogens is 3. The lowest BCUT2D eigenvalue weighted by atomic mass is 10.2. The summed E-state index contributed by atoms with van der Waals surface area (Å²) in [6, 6.07) is 9.22. The third-order valence-electron chi connectivity index (χ3n) is 2.51. The summed E-state index contributed by atoms with van der Waals surface area (Å²) in [5, 5.41) is 5.91.